The number of pyridine rings is 2. The van der Waals surface area contributed by atoms with Crippen molar-refractivity contribution >= 4 is 22.6 Å². The minimum absolute atomic E-state index is 0.0210. The summed E-state index contributed by atoms with van der Waals surface area (Å²) in [4.78, 5) is 30.2. The number of aromatic nitrogens is 3. The Hall–Kier alpha value is -3.94. The van der Waals surface area contributed by atoms with E-state index in [-0.39, 0.29) is 35.1 Å². The molecule has 0 saturated carbocycles. The van der Waals surface area contributed by atoms with E-state index in [0.29, 0.717) is 17.0 Å². The summed E-state index contributed by atoms with van der Waals surface area (Å²) >= 11 is 0. The van der Waals surface area contributed by atoms with E-state index in [9.17, 15) is 9.59 Å². The second-order valence-corrected chi connectivity index (χ2v) is 6.64. The van der Waals surface area contributed by atoms with Gasteiger partial charge in [-0.2, -0.15) is 0 Å². The third-order valence-corrected chi connectivity index (χ3v) is 4.81. The highest BCUT2D eigenvalue weighted by Crippen LogP contribution is 2.15. The molecule has 0 aliphatic carbocycles. The Bertz CT molecular complexity index is 1370. The average molecular weight is 404 g/mol. The number of benzene rings is 1. The van der Waals surface area contributed by atoms with Crippen molar-refractivity contribution in [1.82, 2.24) is 14.0 Å². The van der Waals surface area contributed by atoms with E-state index in [1.807, 2.05) is 24.3 Å². The molecule has 4 rings (SSSR count). The van der Waals surface area contributed by atoms with Crippen LogP contribution in [-0.4, -0.2) is 33.6 Å². The number of rotatable bonds is 5. The normalized spacial score (nSPS) is 11.0. The van der Waals surface area contributed by atoms with E-state index in [4.69, 9.17) is 14.9 Å². The molecule has 3 heterocycles. The van der Waals surface area contributed by atoms with Gasteiger partial charge >= 0.3 is 5.97 Å². The van der Waals surface area contributed by atoms with Crippen LogP contribution >= 0.6 is 0 Å². The van der Waals surface area contributed by atoms with Crippen LogP contribution in [0.4, 0.5) is 0 Å². The number of hydrogen-bond acceptors (Lipinski definition) is 6. The number of nitrogens with zero attached hydrogens (tertiary/aromatic N) is 3. The van der Waals surface area contributed by atoms with Gasteiger partial charge in [-0.05, 0) is 42.8 Å². The van der Waals surface area contributed by atoms with E-state index < -0.39 is 5.97 Å². The number of nitrogens with one attached hydrogen (secondary N) is 1. The van der Waals surface area contributed by atoms with Gasteiger partial charge in [-0.1, -0.05) is 18.2 Å². The summed E-state index contributed by atoms with van der Waals surface area (Å²) in [5.41, 5.74) is 1.30. The van der Waals surface area contributed by atoms with Crippen LogP contribution in [0.25, 0.3) is 16.7 Å². The summed E-state index contributed by atoms with van der Waals surface area (Å²) in [5, 5.41) is 8.87. The Morgan fingerprint density at radius 2 is 1.93 bits per heavy atom. The third-order valence-electron chi connectivity index (χ3n) is 4.81. The predicted molar refractivity (Wildman–Crippen MR) is 111 cm³/mol. The Morgan fingerprint density at radius 1 is 1.17 bits per heavy atom. The molecule has 0 amide bonds. The molecule has 0 aliphatic rings. The van der Waals surface area contributed by atoms with Crippen molar-refractivity contribution in [3.63, 3.8) is 0 Å². The molecule has 0 saturated heterocycles. The van der Waals surface area contributed by atoms with Crippen LogP contribution in [0.5, 0.6) is 5.75 Å². The van der Waals surface area contributed by atoms with E-state index in [0.717, 1.165) is 5.56 Å². The SMILES string of the molecule is CCOC(=O)c1cc2c(=O)n3ccccc3nc2n(Cc2ccc(OC)cc2)c1=N. The Balaban J connectivity index is 2.01. The summed E-state index contributed by atoms with van der Waals surface area (Å²) in [7, 11) is 1.59. The number of methoxy groups -OCH3 is 1. The molecule has 1 N–H and O–H groups in total. The summed E-state index contributed by atoms with van der Waals surface area (Å²) in [6.45, 7) is 2.11. The van der Waals surface area contributed by atoms with E-state index >= 15 is 0 Å². The van der Waals surface area contributed by atoms with Crippen molar-refractivity contribution in [1.29, 1.82) is 5.41 Å². The lowest BCUT2D eigenvalue weighted by atomic mass is 10.1. The van der Waals surface area contributed by atoms with Gasteiger partial charge in [-0.15, -0.1) is 0 Å². The summed E-state index contributed by atoms with van der Waals surface area (Å²) in [5.74, 6) is 0.0628. The van der Waals surface area contributed by atoms with Crippen molar-refractivity contribution in [3.05, 3.63) is 81.7 Å². The fraction of sp³-hybridized carbons (Fsp3) is 0.182. The average Bonchev–Trinajstić information content (AvgIpc) is 2.76. The van der Waals surface area contributed by atoms with Gasteiger partial charge in [0.05, 0.1) is 25.6 Å². The molecule has 0 radical (unpaired) electrons. The number of fused-ring (bicyclic) bond motifs is 2. The maximum atomic E-state index is 13.1. The molecule has 0 bridgehead atoms. The topological polar surface area (TPSA) is 98.7 Å². The molecule has 8 heteroatoms. The molecule has 152 valence electrons. The van der Waals surface area contributed by atoms with Crippen LogP contribution in [-0.2, 0) is 11.3 Å². The zero-order valence-corrected chi connectivity index (χ0v) is 16.6. The number of carbonyl (C=O) groups excluding carboxylic acids is 1. The highest BCUT2D eigenvalue weighted by atomic mass is 16.5. The number of carbonyl (C=O) groups is 1. The molecular weight excluding hydrogens is 384 g/mol. The lowest BCUT2D eigenvalue weighted by Crippen LogP contribution is -2.31. The molecule has 3 aromatic heterocycles. The van der Waals surface area contributed by atoms with Gasteiger partial charge in [0.15, 0.2) is 0 Å². The van der Waals surface area contributed by atoms with E-state index in [1.54, 1.807) is 43.0 Å². The maximum absolute atomic E-state index is 13.1. The molecule has 0 unspecified atom stereocenters. The molecule has 30 heavy (non-hydrogen) atoms. The fourth-order valence-electron chi connectivity index (χ4n) is 3.32. The van der Waals surface area contributed by atoms with Crippen molar-refractivity contribution in [3.8, 4) is 5.75 Å². The fourth-order valence-corrected chi connectivity index (χ4v) is 3.32. The Kier molecular flexibility index (Phi) is 5.05. The lowest BCUT2D eigenvalue weighted by molar-refractivity contribution is 0.0523. The van der Waals surface area contributed by atoms with Crippen LogP contribution in [0.1, 0.15) is 22.8 Å². The molecule has 8 nitrogen and oxygen atoms in total. The summed E-state index contributed by atoms with van der Waals surface area (Å²) in [6, 6.07) is 14.0. The number of ether oxygens (including phenoxy) is 2. The summed E-state index contributed by atoms with van der Waals surface area (Å²) < 4.78 is 13.3. The maximum Gasteiger partial charge on any atom is 0.341 e. The highest BCUT2D eigenvalue weighted by Gasteiger charge is 2.18. The predicted octanol–water partition coefficient (Wildman–Crippen LogP) is 2.36. The van der Waals surface area contributed by atoms with Gasteiger partial charge in [-0.25, -0.2) is 9.78 Å². The standard InChI is InChI=1S/C22H20N4O4/c1-3-30-22(28)16-12-17-20(24-18-6-4-5-11-25(18)21(17)27)26(19(16)23)13-14-7-9-15(29-2)10-8-14/h4-12,23H,3,13H2,1-2H3. The number of esters is 1. The van der Waals surface area contributed by atoms with Crippen LogP contribution in [0.15, 0.2) is 59.5 Å². The summed E-state index contributed by atoms with van der Waals surface area (Å²) in [6.07, 6.45) is 1.62. The van der Waals surface area contributed by atoms with Crippen molar-refractivity contribution in [2.24, 2.45) is 0 Å². The second-order valence-electron chi connectivity index (χ2n) is 6.64. The molecule has 0 atom stereocenters. The molecule has 0 spiro atoms. The van der Waals surface area contributed by atoms with Crippen LogP contribution in [0.2, 0.25) is 0 Å². The van der Waals surface area contributed by atoms with Gasteiger partial charge in [0.1, 0.15) is 28.1 Å². The Morgan fingerprint density at radius 3 is 2.63 bits per heavy atom. The minimum atomic E-state index is -0.648. The van der Waals surface area contributed by atoms with Gasteiger partial charge in [0, 0.05) is 6.20 Å². The zero-order valence-electron chi connectivity index (χ0n) is 16.6. The minimum Gasteiger partial charge on any atom is -0.497 e. The molecule has 0 aliphatic heterocycles. The van der Waals surface area contributed by atoms with Crippen molar-refractivity contribution in [2.75, 3.05) is 13.7 Å². The molecular formula is C22H20N4O4. The first-order chi connectivity index (χ1) is 14.5. The first kappa shape index (κ1) is 19.4. The van der Waals surface area contributed by atoms with Gasteiger partial charge < -0.3 is 14.0 Å². The van der Waals surface area contributed by atoms with Crippen molar-refractivity contribution < 1.29 is 14.3 Å². The van der Waals surface area contributed by atoms with Crippen LogP contribution < -0.4 is 15.8 Å². The van der Waals surface area contributed by atoms with Gasteiger partial charge in [-0.3, -0.25) is 14.6 Å². The lowest BCUT2D eigenvalue weighted by Gasteiger charge is -2.14. The zero-order chi connectivity index (χ0) is 21.3. The van der Waals surface area contributed by atoms with Gasteiger partial charge in [0.2, 0.25) is 0 Å². The monoisotopic (exact) mass is 404 g/mol. The molecule has 4 aromatic rings. The number of hydrogen-bond donors (Lipinski definition) is 1. The first-order valence-corrected chi connectivity index (χ1v) is 9.43. The molecule has 0 fully saturated rings. The second kappa shape index (κ2) is 7.82. The van der Waals surface area contributed by atoms with Crippen LogP contribution in [0.3, 0.4) is 0 Å². The Labute approximate surface area is 171 Å². The highest BCUT2D eigenvalue weighted by molar-refractivity contribution is 5.93. The van der Waals surface area contributed by atoms with E-state index in [1.165, 1.54) is 10.5 Å². The third kappa shape index (κ3) is 3.32. The van der Waals surface area contributed by atoms with E-state index in [2.05, 4.69) is 4.98 Å². The van der Waals surface area contributed by atoms with Crippen LogP contribution in [0, 0.1) is 5.41 Å². The quantitative estimate of drug-likeness (QED) is 0.407. The largest absolute Gasteiger partial charge is 0.497 e. The molecule has 1 aromatic carbocycles. The van der Waals surface area contributed by atoms with Gasteiger partial charge in [0.25, 0.3) is 5.56 Å². The van der Waals surface area contributed by atoms with Crippen molar-refractivity contribution in [2.45, 2.75) is 13.5 Å². The first-order valence-electron chi connectivity index (χ1n) is 9.43. The smallest absolute Gasteiger partial charge is 0.341 e.